The summed E-state index contributed by atoms with van der Waals surface area (Å²) in [6.45, 7) is 1.55. The van der Waals surface area contributed by atoms with Crippen LogP contribution in [0.1, 0.15) is 21.6 Å². The molecule has 1 aromatic carbocycles. The van der Waals surface area contributed by atoms with Gasteiger partial charge in [-0.05, 0) is 55.0 Å². The molecule has 0 aliphatic carbocycles. The predicted molar refractivity (Wildman–Crippen MR) is 104 cm³/mol. The molecule has 10 heteroatoms. The van der Waals surface area contributed by atoms with Crippen molar-refractivity contribution in [2.45, 2.75) is 6.92 Å². The molecule has 0 unspecified atom stereocenters. The van der Waals surface area contributed by atoms with Crippen LogP contribution in [0, 0.1) is 11.7 Å². The molecule has 28 heavy (non-hydrogen) atoms. The first-order valence-electron chi connectivity index (χ1n) is 8.02. The lowest BCUT2D eigenvalue weighted by molar-refractivity contribution is 0.0729. The summed E-state index contributed by atoms with van der Waals surface area (Å²) in [5.74, 6) is 0.0395. The zero-order valence-corrected chi connectivity index (χ0v) is 15.8. The van der Waals surface area contributed by atoms with Crippen molar-refractivity contribution in [1.82, 2.24) is 19.9 Å². The summed E-state index contributed by atoms with van der Waals surface area (Å²) in [5, 5.41) is 10.4. The Morgan fingerprint density at radius 3 is 2.71 bits per heavy atom. The van der Waals surface area contributed by atoms with Crippen molar-refractivity contribution in [3.05, 3.63) is 74.7 Å². The number of hydrogen-bond acceptors (Lipinski definition) is 8. The quantitative estimate of drug-likeness (QED) is 0.304. The Hall–Kier alpha value is -3.66. The van der Waals surface area contributed by atoms with Gasteiger partial charge in [0.05, 0.1) is 18.9 Å². The number of nitrogens with one attached hydrogen (secondary N) is 1. The Labute approximate surface area is 164 Å². The number of carbonyl (C=O) groups is 1. The van der Waals surface area contributed by atoms with Gasteiger partial charge in [0.2, 0.25) is 4.77 Å². The first kappa shape index (κ1) is 19.1. The van der Waals surface area contributed by atoms with Crippen LogP contribution in [0.25, 0.3) is 0 Å². The topological polar surface area (TPSA) is 111 Å². The average Bonchev–Trinajstić information content (AvgIpc) is 2.72. The van der Waals surface area contributed by atoms with Gasteiger partial charge in [0.15, 0.2) is 11.5 Å². The lowest BCUT2D eigenvalue weighted by Gasteiger charge is -2.09. The van der Waals surface area contributed by atoms with Crippen LogP contribution in [0.15, 0.2) is 52.6 Å². The molecule has 0 aliphatic heterocycles. The van der Waals surface area contributed by atoms with E-state index in [0.717, 1.165) is 4.68 Å². The normalized spacial score (nSPS) is 10.8. The van der Waals surface area contributed by atoms with Gasteiger partial charge in [-0.3, -0.25) is 14.9 Å². The van der Waals surface area contributed by atoms with Crippen molar-refractivity contribution < 1.29 is 14.3 Å². The molecule has 0 spiro atoms. The summed E-state index contributed by atoms with van der Waals surface area (Å²) in [7, 11) is 1.45. The number of rotatable bonds is 5. The summed E-state index contributed by atoms with van der Waals surface area (Å²) in [6, 6.07) is 7.94. The lowest BCUT2D eigenvalue weighted by atomic mass is 10.2. The minimum atomic E-state index is -0.535. The van der Waals surface area contributed by atoms with E-state index in [2.05, 4.69) is 20.3 Å². The number of aryl methyl sites for hydroxylation is 1. The highest BCUT2D eigenvalue weighted by Gasteiger charge is 2.12. The molecule has 0 aliphatic rings. The summed E-state index contributed by atoms with van der Waals surface area (Å²) in [6.07, 6.45) is 4.43. The molecule has 3 aromatic rings. The first-order valence-corrected chi connectivity index (χ1v) is 8.43. The highest BCUT2D eigenvalue weighted by Crippen LogP contribution is 2.28. The number of esters is 1. The van der Waals surface area contributed by atoms with Crippen molar-refractivity contribution >= 4 is 24.4 Å². The molecule has 9 nitrogen and oxygen atoms in total. The van der Waals surface area contributed by atoms with Crippen LogP contribution in [0.2, 0.25) is 0 Å². The monoisotopic (exact) mass is 397 g/mol. The number of aromatic nitrogens is 4. The number of nitrogens with zero attached hydrogens (tertiary/aromatic N) is 4. The zero-order valence-electron chi connectivity index (χ0n) is 14.9. The molecule has 1 N–H and O–H groups in total. The molecule has 0 saturated carbocycles. The van der Waals surface area contributed by atoms with Crippen LogP contribution in [0.4, 0.5) is 0 Å². The molecule has 0 bridgehead atoms. The third kappa shape index (κ3) is 4.18. The third-order valence-electron chi connectivity index (χ3n) is 3.64. The molecule has 0 amide bonds. The maximum Gasteiger partial charge on any atom is 0.343 e. The Bertz CT molecular complexity index is 1150. The SMILES string of the molecule is COc1cc(/C=N\n2c(=S)[nH]nc(C)c2=O)ccc1OC(=O)c1ccncc1. The highest BCUT2D eigenvalue weighted by molar-refractivity contribution is 7.71. The van der Waals surface area contributed by atoms with Gasteiger partial charge in [-0.25, -0.2) is 4.79 Å². The third-order valence-corrected chi connectivity index (χ3v) is 3.91. The molecule has 142 valence electrons. The number of methoxy groups -OCH3 is 1. The van der Waals surface area contributed by atoms with Crippen LogP contribution < -0.4 is 15.0 Å². The maximum absolute atomic E-state index is 12.2. The van der Waals surface area contributed by atoms with Gasteiger partial charge in [0.1, 0.15) is 5.69 Å². The fourth-order valence-electron chi connectivity index (χ4n) is 2.20. The Kier molecular flexibility index (Phi) is 5.70. The second-order valence-electron chi connectivity index (χ2n) is 5.51. The molecule has 2 aromatic heterocycles. The molecule has 2 heterocycles. The van der Waals surface area contributed by atoms with Gasteiger partial charge >= 0.3 is 5.97 Å². The lowest BCUT2D eigenvalue weighted by Crippen LogP contribution is -2.22. The fraction of sp³-hybridized carbons (Fsp3) is 0.111. The van der Waals surface area contributed by atoms with Gasteiger partial charge in [-0.15, -0.1) is 0 Å². The average molecular weight is 397 g/mol. The summed E-state index contributed by atoms with van der Waals surface area (Å²) < 4.78 is 11.8. The second-order valence-corrected chi connectivity index (χ2v) is 5.90. The van der Waals surface area contributed by atoms with Crippen LogP contribution in [0.5, 0.6) is 11.5 Å². The molecule has 0 radical (unpaired) electrons. The molecule has 0 atom stereocenters. The van der Waals surface area contributed by atoms with E-state index < -0.39 is 11.5 Å². The molecular formula is C18H15N5O4S. The van der Waals surface area contributed by atoms with E-state index in [1.165, 1.54) is 25.7 Å². The predicted octanol–water partition coefficient (Wildman–Crippen LogP) is 2.11. The maximum atomic E-state index is 12.2. The van der Waals surface area contributed by atoms with Crippen LogP contribution in [-0.2, 0) is 0 Å². The number of aromatic amines is 1. The highest BCUT2D eigenvalue weighted by atomic mass is 32.1. The van der Waals surface area contributed by atoms with E-state index in [-0.39, 0.29) is 16.2 Å². The summed E-state index contributed by atoms with van der Waals surface area (Å²) >= 11 is 5.02. The first-order chi connectivity index (χ1) is 13.5. The Morgan fingerprint density at radius 1 is 1.25 bits per heavy atom. The van der Waals surface area contributed by atoms with E-state index in [9.17, 15) is 9.59 Å². The van der Waals surface area contributed by atoms with E-state index in [1.54, 1.807) is 37.3 Å². The number of ether oxygens (including phenoxy) is 2. The van der Waals surface area contributed by atoms with E-state index >= 15 is 0 Å². The fourth-order valence-corrected chi connectivity index (χ4v) is 2.37. The van der Waals surface area contributed by atoms with Crippen molar-refractivity contribution in [2.24, 2.45) is 5.10 Å². The summed E-state index contributed by atoms with van der Waals surface area (Å²) in [5.41, 5.74) is 0.789. The Morgan fingerprint density at radius 2 is 2.00 bits per heavy atom. The number of pyridine rings is 1. The van der Waals surface area contributed by atoms with Crippen LogP contribution in [-0.4, -0.2) is 39.2 Å². The minimum Gasteiger partial charge on any atom is -0.493 e. The number of benzene rings is 1. The van der Waals surface area contributed by atoms with Gasteiger partial charge in [0.25, 0.3) is 5.56 Å². The number of hydrogen-bond donors (Lipinski definition) is 1. The molecule has 0 fully saturated rings. The van der Waals surface area contributed by atoms with Crippen molar-refractivity contribution in [1.29, 1.82) is 0 Å². The van der Waals surface area contributed by atoms with Crippen LogP contribution in [0.3, 0.4) is 0 Å². The zero-order chi connectivity index (χ0) is 20.1. The van der Waals surface area contributed by atoms with E-state index in [1.807, 2.05) is 0 Å². The molecular weight excluding hydrogens is 382 g/mol. The van der Waals surface area contributed by atoms with Gasteiger partial charge in [-0.2, -0.15) is 14.9 Å². The van der Waals surface area contributed by atoms with Crippen molar-refractivity contribution in [3.63, 3.8) is 0 Å². The smallest absolute Gasteiger partial charge is 0.343 e. The van der Waals surface area contributed by atoms with Gasteiger partial charge in [-0.1, -0.05) is 0 Å². The van der Waals surface area contributed by atoms with Crippen LogP contribution >= 0.6 is 12.2 Å². The Balaban J connectivity index is 1.86. The standard InChI is InChI=1S/C18H15N5O4S/c1-11-16(24)23(18(28)22-21-11)20-10-12-3-4-14(15(9-12)26-2)27-17(25)13-5-7-19-8-6-13/h3-10H,1-2H3,(H,22,28)/b20-10-. The van der Waals surface area contributed by atoms with Crippen molar-refractivity contribution in [3.8, 4) is 11.5 Å². The molecule has 3 rings (SSSR count). The molecule has 0 saturated heterocycles. The van der Waals surface area contributed by atoms with E-state index in [0.29, 0.717) is 16.9 Å². The van der Waals surface area contributed by atoms with E-state index in [4.69, 9.17) is 21.7 Å². The van der Waals surface area contributed by atoms with Gasteiger partial charge < -0.3 is 9.47 Å². The largest absolute Gasteiger partial charge is 0.493 e. The number of carbonyl (C=O) groups excluding carboxylic acids is 1. The summed E-state index contributed by atoms with van der Waals surface area (Å²) in [4.78, 5) is 28.1. The second kappa shape index (κ2) is 8.35. The number of H-pyrrole nitrogens is 1. The minimum absolute atomic E-state index is 0.0710. The van der Waals surface area contributed by atoms with Gasteiger partial charge in [0, 0.05) is 12.4 Å². The van der Waals surface area contributed by atoms with Crippen molar-refractivity contribution in [2.75, 3.05) is 7.11 Å².